The van der Waals surface area contributed by atoms with Gasteiger partial charge in [0.15, 0.2) is 0 Å². The van der Waals surface area contributed by atoms with Crippen LogP contribution in [0.3, 0.4) is 0 Å². The molecule has 0 saturated carbocycles. The van der Waals surface area contributed by atoms with Crippen LogP contribution in [-0.2, 0) is 25.6 Å². The molecule has 0 aliphatic heterocycles. The van der Waals surface area contributed by atoms with Gasteiger partial charge in [-0.2, -0.15) is 0 Å². The molecule has 0 bridgehead atoms. The summed E-state index contributed by atoms with van der Waals surface area (Å²) >= 11 is 3.27. The molecule has 0 heterocycles. The number of hydrogen-bond donors (Lipinski definition) is 0. The summed E-state index contributed by atoms with van der Waals surface area (Å²) in [5.41, 5.74) is 1.00. The van der Waals surface area contributed by atoms with Crippen LogP contribution >= 0.6 is 15.9 Å². The van der Waals surface area contributed by atoms with E-state index in [9.17, 15) is 4.79 Å². The van der Waals surface area contributed by atoms with E-state index in [1.54, 1.807) is 0 Å². The highest BCUT2D eigenvalue weighted by Gasteiger charge is 2.03. The Kier molecular flexibility index (Phi) is 10.2. The SMILES string of the molecule is O=C(CCCOCCOCCBr)OCc1ccccc1. The summed E-state index contributed by atoms with van der Waals surface area (Å²) in [4.78, 5) is 11.5. The Hall–Kier alpha value is -0.910. The monoisotopic (exact) mass is 344 g/mol. The summed E-state index contributed by atoms with van der Waals surface area (Å²) in [5, 5.41) is 0.834. The molecule has 0 fully saturated rings. The molecule has 0 saturated heterocycles. The van der Waals surface area contributed by atoms with E-state index >= 15 is 0 Å². The predicted molar refractivity (Wildman–Crippen MR) is 80.9 cm³/mol. The fourth-order valence-electron chi connectivity index (χ4n) is 1.51. The van der Waals surface area contributed by atoms with Gasteiger partial charge in [0, 0.05) is 18.4 Å². The van der Waals surface area contributed by atoms with E-state index in [-0.39, 0.29) is 5.97 Å². The first-order chi connectivity index (χ1) is 9.83. The molecule has 1 rings (SSSR count). The van der Waals surface area contributed by atoms with Crippen LogP contribution in [0, 0.1) is 0 Å². The lowest BCUT2D eigenvalue weighted by Crippen LogP contribution is -2.09. The van der Waals surface area contributed by atoms with Crippen molar-refractivity contribution in [1.29, 1.82) is 0 Å². The summed E-state index contributed by atoms with van der Waals surface area (Å²) < 4.78 is 15.7. The number of halogens is 1. The highest BCUT2D eigenvalue weighted by molar-refractivity contribution is 9.09. The minimum absolute atomic E-state index is 0.187. The first kappa shape index (κ1) is 17.1. The van der Waals surface area contributed by atoms with Crippen LogP contribution in [0.1, 0.15) is 18.4 Å². The van der Waals surface area contributed by atoms with Crippen LogP contribution in [0.4, 0.5) is 0 Å². The Balaban J connectivity index is 1.93. The summed E-state index contributed by atoms with van der Waals surface area (Å²) in [5.74, 6) is -0.187. The number of rotatable bonds is 11. The van der Waals surface area contributed by atoms with Crippen molar-refractivity contribution < 1.29 is 19.0 Å². The van der Waals surface area contributed by atoms with Gasteiger partial charge in [0.05, 0.1) is 19.8 Å². The smallest absolute Gasteiger partial charge is 0.306 e. The van der Waals surface area contributed by atoms with Gasteiger partial charge in [0.25, 0.3) is 0 Å². The first-order valence-corrected chi connectivity index (χ1v) is 7.86. The number of ether oxygens (including phenoxy) is 3. The van der Waals surface area contributed by atoms with Gasteiger partial charge in [-0.05, 0) is 12.0 Å². The molecule has 1 aromatic carbocycles. The quantitative estimate of drug-likeness (QED) is 0.351. The van der Waals surface area contributed by atoms with Crippen LogP contribution in [0.15, 0.2) is 30.3 Å². The van der Waals surface area contributed by atoms with Crippen molar-refractivity contribution >= 4 is 21.9 Å². The van der Waals surface area contributed by atoms with Gasteiger partial charge in [0.2, 0.25) is 0 Å². The number of alkyl halides is 1. The molecule has 0 N–H and O–H groups in total. The van der Waals surface area contributed by atoms with Crippen molar-refractivity contribution in [2.24, 2.45) is 0 Å². The minimum atomic E-state index is -0.187. The topological polar surface area (TPSA) is 44.8 Å². The average Bonchev–Trinajstić information content (AvgIpc) is 2.49. The third kappa shape index (κ3) is 9.07. The van der Waals surface area contributed by atoms with E-state index < -0.39 is 0 Å². The Morgan fingerprint density at radius 2 is 1.70 bits per heavy atom. The zero-order chi connectivity index (χ0) is 14.5. The van der Waals surface area contributed by atoms with Crippen LogP contribution in [-0.4, -0.2) is 37.7 Å². The molecule has 0 unspecified atom stereocenters. The normalized spacial score (nSPS) is 10.4. The van der Waals surface area contributed by atoms with Crippen molar-refractivity contribution in [3.8, 4) is 0 Å². The molecule has 0 radical (unpaired) electrons. The van der Waals surface area contributed by atoms with Gasteiger partial charge >= 0.3 is 5.97 Å². The van der Waals surface area contributed by atoms with E-state index in [2.05, 4.69) is 15.9 Å². The summed E-state index contributed by atoms with van der Waals surface area (Å²) in [6, 6.07) is 9.65. The Morgan fingerprint density at radius 1 is 1.00 bits per heavy atom. The molecular formula is C15H21BrO4. The third-order valence-electron chi connectivity index (χ3n) is 2.51. The van der Waals surface area contributed by atoms with Gasteiger partial charge in [0.1, 0.15) is 6.61 Å². The minimum Gasteiger partial charge on any atom is -0.461 e. The summed E-state index contributed by atoms with van der Waals surface area (Å²) in [6.07, 6.45) is 1.06. The Labute approximate surface area is 128 Å². The maximum atomic E-state index is 11.5. The van der Waals surface area contributed by atoms with Crippen molar-refractivity contribution in [1.82, 2.24) is 0 Å². The molecule has 1 aromatic rings. The molecule has 0 amide bonds. The van der Waals surface area contributed by atoms with Gasteiger partial charge in [-0.15, -0.1) is 0 Å². The van der Waals surface area contributed by atoms with E-state index in [1.807, 2.05) is 30.3 Å². The summed E-state index contributed by atoms with van der Waals surface area (Å²) in [6.45, 7) is 2.73. The molecule has 0 atom stereocenters. The molecule has 0 aliphatic carbocycles. The van der Waals surface area contributed by atoms with E-state index in [1.165, 1.54) is 0 Å². The fourth-order valence-corrected chi connectivity index (χ4v) is 1.73. The van der Waals surface area contributed by atoms with Gasteiger partial charge in [-0.1, -0.05) is 46.3 Å². The van der Waals surface area contributed by atoms with E-state index in [0.717, 1.165) is 10.9 Å². The molecule has 0 aromatic heterocycles. The van der Waals surface area contributed by atoms with Gasteiger partial charge in [-0.25, -0.2) is 0 Å². The second kappa shape index (κ2) is 11.9. The molecular weight excluding hydrogens is 324 g/mol. The zero-order valence-corrected chi connectivity index (χ0v) is 13.1. The highest BCUT2D eigenvalue weighted by Crippen LogP contribution is 2.02. The van der Waals surface area contributed by atoms with E-state index in [4.69, 9.17) is 14.2 Å². The maximum absolute atomic E-state index is 11.5. The van der Waals surface area contributed by atoms with Crippen molar-refractivity contribution in [3.63, 3.8) is 0 Å². The summed E-state index contributed by atoms with van der Waals surface area (Å²) in [7, 11) is 0. The Morgan fingerprint density at radius 3 is 2.40 bits per heavy atom. The van der Waals surface area contributed by atoms with E-state index in [0.29, 0.717) is 45.9 Å². The largest absolute Gasteiger partial charge is 0.461 e. The second-order valence-electron chi connectivity index (χ2n) is 4.16. The zero-order valence-electron chi connectivity index (χ0n) is 11.6. The lowest BCUT2D eigenvalue weighted by atomic mass is 10.2. The standard InChI is InChI=1S/C15H21BrO4/c16-8-10-19-12-11-18-9-4-7-15(17)20-13-14-5-2-1-3-6-14/h1-3,5-6H,4,7-13H2. The number of carbonyl (C=O) groups excluding carboxylic acids is 1. The van der Waals surface area contributed by atoms with Crippen molar-refractivity contribution in [3.05, 3.63) is 35.9 Å². The lowest BCUT2D eigenvalue weighted by Gasteiger charge is -2.06. The Bertz CT molecular complexity index is 356. The maximum Gasteiger partial charge on any atom is 0.306 e. The highest BCUT2D eigenvalue weighted by atomic mass is 79.9. The number of esters is 1. The van der Waals surface area contributed by atoms with Crippen molar-refractivity contribution in [2.75, 3.05) is 31.8 Å². The lowest BCUT2D eigenvalue weighted by molar-refractivity contribution is -0.145. The molecule has 112 valence electrons. The van der Waals surface area contributed by atoms with Crippen LogP contribution in [0.25, 0.3) is 0 Å². The molecule has 5 heteroatoms. The van der Waals surface area contributed by atoms with Gasteiger partial charge < -0.3 is 14.2 Å². The molecule has 0 aliphatic rings. The third-order valence-corrected chi connectivity index (χ3v) is 2.83. The number of hydrogen-bond acceptors (Lipinski definition) is 4. The van der Waals surface area contributed by atoms with Crippen LogP contribution < -0.4 is 0 Å². The molecule has 0 spiro atoms. The van der Waals surface area contributed by atoms with Gasteiger partial charge in [-0.3, -0.25) is 4.79 Å². The van der Waals surface area contributed by atoms with Crippen LogP contribution in [0.2, 0.25) is 0 Å². The first-order valence-electron chi connectivity index (χ1n) is 6.74. The van der Waals surface area contributed by atoms with Crippen molar-refractivity contribution in [2.45, 2.75) is 19.4 Å². The van der Waals surface area contributed by atoms with Crippen LogP contribution in [0.5, 0.6) is 0 Å². The predicted octanol–water partition coefficient (Wildman–Crippen LogP) is 2.94. The average molecular weight is 345 g/mol. The molecule has 20 heavy (non-hydrogen) atoms. The number of carbonyl (C=O) groups is 1. The molecule has 4 nitrogen and oxygen atoms in total. The fraction of sp³-hybridized carbons (Fsp3) is 0.533. The number of benzene rings is 1. The second-order valence-corrected chi connectivity index (χ2v) is 4.96.